The lowest BCUT2D eigenvalue weighted by molar-refractivity contribution is 0.513. The first-order chi connectivity index (χ1) is 11.9. The van der Waals surface area contributed by atoms with Crippen LogP contribution in [0.2, 0.25) is 0 Å². The number of halogens is 1. The van der Waals surface area contributed by atoms with Crippen molar-refractivity contribution in [2.24, 2.45) is 0 Å². The lowest BCUT2D eigenvalue weighted by Crippen LogP contribution is -2.11. The minimum absolute atomic E-state index is 0.0880. The Hall–Kier alpha value is -2.73. The highest BCUT2D eigenvalue weighted by molar-refractivity contribution is 7.91. The molecule has 2 aromatic carbocycles. The second-order valence-corrected chi connectivity index (χ2v) is 7.85. The van der Waals surface area contributed by atoms with Gasteiger partial charge in [0.15, 0.2) is 9.84 Å². The van der Waals surface area contributed by atoms with E-state index in [-0.39, 0.29) is 10.5 Å². The zero-order valence-electron chi connectivity index (χ0n) is 13.3. The van der Waals surface area contributed by atoms with Crippen molar-refractivity contribution in [3.8, 4) is 11.1 Å². The van der Waals surface area contributed by atoms with Gasteiger partial charge in [-0.05, 0) is 54.4 Å². The molecule has 3 rings (SSSR count). The van der Waals surface area contributed by atoms with Crippen molar-refractivity contribution in [1.29, 1.82) is 0 Å². The molecule has 0 amide bonds. The molecule has 0 fully saturated rings. The van der Waals surface area contributed by atoms with Gasteiger partial charge in [-0.25, -0.2) is 17.6 Å². The predicted molar refractivity (Wildman–Crippen MR) is 92.4 cm³/mol. The van der Waals surface area contributed by atoms with E-state index >= 15 is 0 Å². The highest BCUT2D eigenvalue weighted by atomic mass is 32.2. The number of benzene rings is 2. The Morgan fingerprint density at radius 1 is 1.00 bits per heavy atom. The molecule has 6 heteroatoms. The molecule has 1 heterocycles. The van der Waals surface area contributed by atoms with E-state index in [0.29, 0.717) is 11.1 Å². The summed E-state index contributed by atoms with van der Waals surface area (Å²) in [6, 6.07) is 14.6. The monoisotopic (exact) mass is 358 g/mol. The van der Waals surface area contributed by atoms with E-state index in [1.807, 2.05) is 0 Å². The van der Waals surface area contributed by atoms with E-state index in [9.17, 15) is 17.6 Å². The van der Waals surface area contributed by atoms with Gasteiger partial charge in [0, 0.05) is 0 Å². The van der Waals surface area contributed by atoms with Crippen LogP contribution in [-0.2, 0) is 9.84 Å². The molecule has 4 nitrogen and oxygen atoms in total. The smallest absolute Gasteiger partial charge is 0.343 e. The normalized spacial score (nSPS) is 12.7. The Kier molecular flexibility index (Phi) is 4.55. The Morgan fingerprint density at radius 2 is 1.72 bits per heavy atom. The fourth-order valence-corrected chi connectivity index (χ4v) is 4.02. The Labute approximate surface area is 144 Å². The molecule has 1 atom stereocenters. The molecule has 1 unspecified atom stereocenters. The van der Waals surface area contributed by atoms with E-state index in [1.165, 1.54) is 42.7 Å². The first-order valence-corrected chi connectivity index (χ1v) is 9.12. The third-order valence-electron chi connectivity index (χ3n) is 4.01. The van der Waals surface area contributed by atoms with Crippen molar-refractivity contribution < 1.29 is 17.2 Å². The Bertz CT molecular complexity index is 1050. The van der Waals surface area contributed by atoms with Crippen LogP contribution in [0.15, 0.2) is 81.0 Å². The quantitative estimate of drug-likeness (QED) is 0.708. The minimum atomic E-state index is -3.70. The largest absolute Gasteiger partial charge is 0.431 e. The first-order valence-electron chi connectivity index (χ1n) is 7.57. The van der Waals surface area contributed by atoms with Gasteiger partial charge in [0.25, 0.3) is 0 Å². The summed E-state index contributed by atoms with van der Waals surface area (Å²) in [6.07, 6.45) is 1.27. The van der Waals surface area contributed by atoms with Gasteiger partial charge in [-0.2, -0.15) is 0 Å². The molecule has 0 bridgehead atoms. The molecular formula is C19H15FO4S. The lowest BCUT2D eigenvalue weighted by Gasteiger charge is -2.14. The zero-order valence-corrected chi connectivity index (χ0v) is 14.2. The molecule has 0 aliphatic rings. The average Bonchev–Trinajstić information content (AvgIpc) is 2.62. The van der Waals surface area contributed by atoms with E-state index in [1.54, 1.807) is 31.2 Å². The summed E-state index contributed by atoms with van der Waals surface area (Å²) >= 11 is 0. The summed E-state index contributed by atoms with van der Waals surface area (Å²) in [5, 5.41) is -0.851. The number of sulfone groups is 1. The standard InChI is InChI=1S/C19H15FO4S/c1-13(14-7-9-16(20)10-8-14)25(22,23)17-5-2-4-15(12-17)18-6-3-11-24-19(18)21/h2-13H,1H3. The van der Waals surface area contributed by atoms with Crippen LogP contribution in [0.1, 0.15) is 17.7 Å². The summed E-state index contributed by atoms with van der Waals surface area (Å²) in [5.74, 6) is -0.425. The van der Waals surface area contributed by atoms with Crippen LogP contribution in [0, 0.1) is 5.82 Å². The average molecular weight is 358 g/mol. The molecule has 0 spiro atoms. The maximum absolute atomic E-state index is 13.1. The third kappa shape index (κ3) is 3.39. The molecule has 25 heavy (non-hydrogen) atoms. The summed E-state index contributed by atoms with van der Waals surface area (Å²) in [7, 11) is -3.70. The minimum Gasteiger partial charge on any atom is -0.431 e. The molecule has 0 N–H and O–H groups in total. The molecular weight excluding hydrogens is 343 g/mol. The highest BCUT2D eigenvalue weighted by Crippen LogP contribution is 2.30. The molecule has 0 saturated carbocycles. The van der Waals surface area contributed by atoms with Gasteiger partial charge in [-0.15, -0.1) is 0 Å². The summed E-state index contributed by atoms with van der Waals surface area (Å²) in [6.45, 7) is 1.55. The number of hydrogen-bond acceptors (Lipinski definition) is 4. The predicted octanol–water partition coefficient (Wildman–Crippen LogP) is 3.98. The molecule has 0 saturated heterocycles. The zero-order chi connectivity index (χ0) is 18.0. The van der Waals surface area contributed by atoms with Gasteiger partial charge in [0.05, 0.1) is 22.0 Å². The van der Waals surface area contributed by atoms with Crippen LogP contribution in [0.4, 0.5) is 4.39 Å². The summed E-state index contributed by atoms with van der Waals surface area (Å²) in [5.41, 5.74) is 0.699. The van der Waals surface area contributed by atoms with Crippen molar-refractivity contribution in [3.05, 3.63) is 88.7 Å². The number of rotatable bonds is 4. The van der Waals surface area contributed by atoms with Crippen molar-refractivity contribution in [2.45, 2.75) is 17.1 Å². The van der Waals surface area contributed by atoms with Gasteiger partial charge >= 0.3 is 5.63 Å². The van der Waals surface area contributed by atoms with E-state index in [2.05, 4.69) is 0 Å². The Balaban J connectivity index is 2.04. The van der Waals surface area contributed by atoms with Crippen molar-refractivity contribution in [2.75, 3.05) is 0 Å². The molecule has 0 aliphatic heterocycles. The maximum atomic E-state index is 13.1. The van der Waals surface area contributed by atoms with E-state index in [0.717, 1.165) is 0 Å². The topological polar surface area (TPSA) is 64.3 Å². The van der Waals surface area contributed by atoms with Gasteiger partial charge in [-0.1, -0.05) is 24.3 Å². The van der Waals surface area contributed by atoms with Crippen molar-refractivity contribution >= 4 is 9.84 Å². The second kappa shape index (κ2) is 6.64. The molecule has 0 aliphatic carbocycles. The van der Waals surface area contributed by atoms with Crippen LogP contribution < -0.4 is 5.63 Å². The van der Waals surface area contributed by atoms with E-state index in [4.69, 9.17) is 4.42 Å². The van der Waals surface area contributed by atoms with Crippen LogP contribution in [0.5, 0.6) is 0 Å². The summed E-state index contributed by atoms with van der Waals surface area (Å²) < 4.78 is 43.7. The number of hydrogen-bond donors (Lipinski definition) is 0. The fraction of sp³-hybridized carbons (Fsp3) is 0.105. The summed E-state index contributed by atoms with van der Waals surface area (Å²) in [4.78, 5) is 11.9. The van der Waals surface area contributed by atoms with Crippen molar-refractivity contribution in [1.82, 2.24) is 0 Å². The first kappa shape index (κ1) is 17.1. The molecule has 128 valence electrons. The second-order valence-electron chi connectivity index (χ2n) is 5.58. The maximum Gasteiger partial charge on any atom is 0.343 e. The van der Waals surface area contributed by atoms with Crippen molar-refractivity contribution in [3.63, 3.8) is 0 Å². The third-order valence-corrected chi connectivity index (χ3v) is 6.13. The fourth-order valence-electron chi connectivity index (χ4n) is 2.54. The van der Waals surface area contributed by atoms with Crippen LogP contribution in [0.25, 0.3) is 11.1 Å². The van der Waals surface area contributed by atoms with Gasteiger partial charge < -0.3 is 4.42 Å². The van der Waals surface area contributed by atoms with E-state index < -0.39 is 26.5 Å². The van der Waals surface area contributed by atoms with Gasteiger partial charge in [-0.3, -0.25) is 0 Å². The Morgan fingerprint density at radius 3 is 2.40 bits per heavy atom. The molecule has 0 radical (unpaired) electrons. The lowest BCUT2D eigenvalue weighted by atomic mass is 10.1. The van der Waals surface area contributed by atoms with Crippen LogP contribution in [0.3, 0.4) is 0 Å². The SMILES string of the molecule is CC(c1ccc(F)cc1)S(=O)(=O)c1cccc(-c2cccoc2=O)c1. The van der Waals surface area contributed by atoms with Gasteiger partial charge in [0.1, 0.15) is 5.82 Å². The van der Waals surface area contributed by atoms with Crippen LogP contribution in [-0.4, -0.2) is 8.42 Å². The highest BCUT2D eigenvalue weighted by Gasteiger charge is 2.25. The van der Waals surface area contributed by atoms with Gasteiger partial charge in [0.2, 0.25) is 0 Å². The van der Waals surface area contributed by atoms with Crippen LogP contribution >= 0.6 is 0 Å². The molecule has 3 aromatic rings. The molecule has 1 aromatic heterocycles.